The molecule has 0 saturated carbocycles. The van der Waals surface area contributed by atoms with Crippen molar-refractivity contribution < 1.29 is 19.4 Å². The molecule has 0 heterocycles. The number of aliphatic hydroxyl groups is 1. The van der Waals surface area contributed by atoms with Crippen LogP contribution >= 0.6 is 0 Å². The van der Waals surface area contributed by atoms with Crippen LogP contribution in [0.5, 0.6) is 0 Å². The molecule has 2 N–H and O–H groups in total. The number of carbonyl (C=O) groups is 2. The number of rotatable bonds is 7. The Morgan fingerprint density at radius 2 is 1.75 bits per heavy atom. The average Bonchev–Trinajstić information content (AvgIpc) is 2.49. The van der Waals surface area contributed by atoms with E-state index in [1.165, 1.54) is 0 Å². The average molecular weight is 335 g/mol. The molecule has 24 heavy (non-hydrogen) atoms. The summed E-state index contributed by atoms with van der Waals surface area (Å²) in [7, 11) is 0. The van der Waals surface area contributed by atoms with Crippen LogP contribution in [0.1, 0.15) is 40.2 Å². The van der Waals surface area contributed by atoms with Crippen molar-refractivity contribution in [1.82, 2.24) is 5.32 Å². The largest absolute Gasteiger partial charge is 0.460 e. The highest BCUT2D eigenvalue weighted by molar-refractivity contribution is 5.85. The minimum absolute atomic E-state index is 0.158. The van der Waals surface area contributed by atoms with Gasteiger partial charge in [-0.15, -0.1) is 0 Å². The molecule has 1 unspecified atom stereocenters. The predicted octanol–water partition coefficient (Wildman–Crippen LogP) is 2.32. The molecule has 0 spiro atoms. The second kappa shape index (κ2) is 8.83. The molecule has 0 radical (unpaired) electrons. The van der Waals surface area contributed by atoms with Crippen molar-refractivity contribution in [3.63, 3.8) is 0 Å². The van der Waals surface area contributed by atoms with Gasteiger partial charge in [0.05, 0.1) is 17.9 Å². The van der Waals surface area contributed by atoms with Crippen LogP contribution in [0.25, 0.3) is 0 Å². The van der Waals surface area contributed by atoms with E-state index in [1.807, 2.05) is 30.3 Å². The fourth-order valence-electron chi connectivity index (χ4n) is 2.30. The van der Waals surface area contributed by atoms with E-state index in [0.717, 1.165) is 5.56 Å². The third-order valence-corrected chi connectivity index (χ3v) is 3.59. The van der Waals surface area contributed by atoms with Crippen molar-refractivity contribution in [3.05, 3.63) is 35.9 Å². The molecule has 3 atom stereocenters. The van der Waals surface area contributed by atoms with Gasteiger partial charge >= 0.3 is 5.97 Å². The molecular weight excluding hydrogens is 306 g/mol. The molecule has 0 aliphatic carbocycles. The van der Waals surface area contributed by atoms with Gasteiger partial charge in [0.25, 0.3) is 0 Å². The van der Waals surface area contributed by atoms with Crippen molar-refractivity contribution in [2.24, 2.45) is 11.8 Å². The molecule has 134 valence electrons. The van der Waals surface area contributed by atoms with Gasteiger partial charge in [0.15, 0.2) is 0 Å². The standard InChI is InChI=1S/C19H29NO4/c1-13(21)12-20-17(22)16(11-15-9-7-6-8-10-15)14(2)18(23)24-19(3,4)5/h6-10,13-14,16,21H,11-12H2,1-5H3,(H,20,22)/t13-,14?,16-/m0/s1. The van der Waals surface area contributed by atoms with E-state index in [0.29, 0.717) is 6.42 Å². The molecule has 0 bridgehead atoms. The first-order chi connectivity index (χ1) is 11.1. The first-order valence-electron chi connectivity index (χ1n) is 8.32. The number of hydrogen-bond acceptors (Lipinski definition) is 4. The molecule has 0 aliphatic rings. The third kappa shape index (κ3) is 7.13. The number of benzene rings is 1. The van der Waals surface area contributed by atoms with E-state index in [-0.39, 0.29) is 12.5 Å². The molecule has 5 heteroatoms. The van der Waals surface area contributed by atoms with Crippen LogP contribution in [-0.4, -0.2) is 35.2 Å². The Morgan fingerprint density at radius 3 is 2.25 bits per heavy atom. The second-order valence-electron chi connectivity index (χ2n) is 7.21. The quantitative estimate of drug-likeness (QED) is 0.750. The van der Waals surface area contributed by atoms with Gasteiger partial charge < -0.3 is 15.2 Å². The number of ether oxygens (including phenoxy) is 1. The molecule has 0 fully saturated rings. The summed E-state index contributed by atoms with van der Waals surface area (Å²) < 4.78 is 5.43. The van der Waals surface area contributed by atoms with Crippen LogP contribution in [-0.2, 0) is 20.7 Å². The molecular formula is C19H29NO4. The monoisotopic (exact) mass is 335 g/mol. The number of carbonyl (C=O) groups excluding carboxylic acids is 2. The van der Waals surface area contributed by atoms with Gasteiger partial charge in [-0.25, -0.2) is 0 Å². The predicted molar refractivity (Wildman–Crippen MR) is 93.3 cm³/mol. The maximum Gasteiger partial charge on any atom is 0.309 e. The summed E-state index contributed by atoms with van der Waals surface area (Å²) in [4.78, 5) is 24.9. The van der Waals surface area contributed by atoms with Gasteiger partial charge in [-0.3, -0.25) is 9.59 Å². The molecule has 0 saturated heterocycles. The topological polar surface area (TPSA) is 75.6 Å². The normalized spacial score (nSPS) is 15.2. The minimum Gasteiger partial charge on any atom is -0.460 e. The highest BCUT2D eigenvalue weighted by atomic mass is 16.6. The van der Waals surface area contributed by atoms with Crippen LogP contribution in [0.3, 0.4) is 0 Å². The van der Waals surface area contributed by atoms with E-state index in [4.69, 9.17) is 4.74 Å². The summed E-state index contributed by atoms with van der Waals surface area (Å²) in [5.41, 5.74) is 0.378. The van der Waals surface area contributed by atoms with E-state index >= 15 is 0 Å². The summed E-state index contributed by atoms with van der Waals surface area (Å²) in [6.07, 6.45) is -0.199. The first kappa shape index (κ1) is 20.2. The van der Waals surface area contributed by atoms with Crippen molar-refractivity contribution in [1.29, 1.82) is 0 Å². The van der Waals surface area contributed by atoms with Crippen LogP contribution in [0.4, 0.5) is 0 Å². The Bertz CT molecular complexity index is 534. The van der Waals surface area contributed by atoms with Gasteiger partial charge in [0.2, 0.25) is 5.91 Å². The molecule has 0 aliphatic heterocycles. The summed E-state index contributed by atoms with van der Waals surface area (Å²) in [5, 5.41) is 12.1. The molecule has 1 aromatic carbocycles. The van der Waals surface area contributed by atoms with Gasteiger partial charge in [-0.1, -0.05) is 37.3 Å². The van der Waals surface area contributed by atoms with Gasteiger partial charge in [-0.05, 0) is 39.7 Å². The fraction of sp³-hybridized carbons (Fsp3) is 0.579. The number of amides is 1. The lowest BCUT2D eigenvalue weighted by Crippen LogP contribution is -2.42. The molecule has 5 nitrogen and oxygen atoms in total. The Labute approximate surface area is 144 Å². The molecule has 1 aromatic rings. The second-order valence-corrected chi connectivity index (χ2v) is 7.21. The zero-order chi connectivity index (χ0) is 18.3. The summed E-state index contributed by atoms with van der Waals surface area (Å²) >= 11 is 0. The smallest absolute Gasteiger partial charge is 0.309 e. The number of aliphatic hydroxyl groups excluding tert-OH is 1. The highest BCUT2D eigenvalue weighted by Crippen LogP contribution is 2.22. The Balaban J connectivity index is 2.90. The minimum atomic E-state index is -0.636. The Kier molecular flexibility index (Phi) is 7.42. The number of hydrogen-bond donors (Lipinski definition) is 2. The molecule has 1 rings (SSSR count). The van der Waals surface area contributed by atoms with Gasteiger partial charge in [0.1, 0.15) is 5.60 Å². The maximum absolute atomic E-state index is 12.5. The number of nitrogens with one attached hydrogen (secondary N) is 1. The van der Waals surface area contributed by atoms with E-state index in [9.17, 15) is 14.7 Å². The van der Waals surface area contributed by atoms with E-state index in [1.54, 1.807) is 34.6 Å². The Morgan fingerprint density at radius 1 is 1.17 bits per heavy atom. The van der Waals surface area contributed by atoms with Crippen LogP contribution in [0, 0.1) is 11.8 Å². The molecule has 1 amide bonds. The van der Waals surface area contributed by atoms with Crippen molar-refractivity contribution in [3.8, 4) is 0 Å². The highest BCUT2D eigenvalue weighted by Gasteiger charge is 2.33. The van der Waals surface area contributed by atoms with Crippen LogP contribution in [0.15, 0.2) is 30.3 Å². The van der Waals surface area contributed by atoms with Crippen molar-refractivity contribution in [2.75, 3.05) is 6.54 Å². The lowest BCUT2D eigenvalue weighted by atomic mass is 9.87. The van der Waals surface area contributed by atoms with Crippen LogP contribution < -0.4 is 5.32 Å². The maximum atomic E-state index is 12.5. The summed E-state index contributed by atoms with van der Waals surface area (Å²) in [6.45, 7) is 8.88. The number of esters is 1. The third-order valence-electron chi connectivity index (χ3n) is 3.59. The van der Waals surface area contributed by atoms with Gasteiger partial charge in [-0.2, -0.15) is 0 Å². The zero-order valence-corrected chi connectivity index (χ0v) is 15.2. The zero-order valence-electron chi connectivity index (χ0n) is 15.2. The molecule has 0 aromatic heterocycles. The van der Waals surface area contributed by atoms with E-state index in [2.05, 4.69) is 5.32 Å². The Hall–Kier alpha value is -1.88. The summed E-state index contributed by atoms with van der Waals surface area (Å²) in [6, 6.07) is 9.56. The van der Waals surface area contributed by atoms with Gasteiger partial charge in [0, 0.05) is 6.54 Å². The summed E-state index contributed by atoms with van der Waals surface area (Å²) in [5.74, 6) is -1.78. The first-order valence-corrected chi connectivity index (χ1v) is 8.32. The van der Waals surface area contributed by atoms with Crippen molar-refractivity contribution in [2.45, 2.75) is 52.7 Å². The van der Waals surface area contributed by atoms with Crippen LogP contribution in [0.2, 0.25) is 0 Å². The SMILES string of the molecule is CC(C(=O)OC(C)(C)C)[C@H](Cc1ccccc1)C(=O)NC[C@H](C)O. The lowest BCUT2D eigenvalue weighted by Gasteiger charge is -2.27. The fourth-order valence-corrected chi connectivity index (χ4v) is 2.30. The lowest BCUT2D eigenvalue weighted by molar-refractivity contribution is -0.163. The van der Waals surface area contributed by atoms with Crippen molar-refractivity contribution >= 4 is 11.9 Å². The van der Waals surface area contributed by atoms with E-state index < -0.39 is 29.5 Å².